The van der Waals surface area contributed by atoms with Crippen molar-refractivity contribution in [3.8, 4) is 0 Å². The van der Waals surface area contributed by atoms with Crippen LogP contribution in [0.5, 0.6) is 0 Å². The molecule has 17 heavy (non-hydrogen) atoms. The Kier molecular flexibility index (Phi) is 3.74. The molecule has 0 unspecified atom stereocenters. The molecule has 1 aromatic carbocycles. The number of anilines is 1. The van der Waals surface area contributed by atoms with Gasteiger partial charge in [-0.1, -0.05) is 25.4 Å². The van der Waals surface area contributed by atoms with Gasteiger partial charge >= 0.3 is 0 Å². The summed E-state index contributed by atoms with van der Waals surface area (Å²) >= 11 is 9.84. The van der Waals surface area contributed by atoms with Crippen molar-refractivity contribution in [1.29, 1.82) is 0 Å². The minimum atomic E-state index is 0.525. The Labute approximate surface area is 117 Å². The minimum absolute atomic E-state index is 0.525. The maximum atomic E-state index is 6.20. The van der Waals surface area contributed by atoms with E-state index in [1.165, 1.54) is 18.5 Å². The van der Waals surface area contributed by atoms with E-state index in [0.717, 1.165) is 28.1 Å². The maximum absolute atomic E-state index is 6.20. The van der Waals surface area contributed by atoms with Crippen molar-refractivity contribution in [2.45, 2.75) is 33.6 Å². The van der Waals surface area contributed by atoms with Gasteiger partial charge in [0, 0.05) is 28.0 Å². The topological polar surface area (TPSA) is 3.24 Å². The first-order valence-corrected chi connectivity index (χ1v) is 7.39. The van der Waals surface area contributed by atoms with Crippen molar-refractivity contribution < 1.29 is 0 Å². The van der Waals surface area contributed by atoms with E-state index in [-0.39, 0.29) is 0 Å². The molecule has 0 N–H and O–H groups in total. The van der Waals surface area contributed by atoms with E-state index in [0.29, 0.717) is 5.41 Å². The highest BCUT2D eigenvalue weighted by Crippen LogP contribution is 2.43. The van der Waals surface area contributed by atoms with Crippen molar-refractivity contribution >= 4 is 33.2 Å². The molecule has 94 valence electrons. The van der Waals surface area contributed by atoms with Crippen LogP contribution in [0.1, 0.15) is 32.3 Å². The Morgan fingerprint density at radius 1 is 1.29 bits per heavy atom. The molecule has 1 fully saturated rings. The lowest BCUT2D eigenvalue weighted by Gasteiger charge is -2.51. The molecule has 0 amide bonds. The molecular formula is C14H19BrClN. The fraction of sp³-hybridized carbons (Fsp3) is 0.571. The lowest BCUT2D eigenvalue weighted by molar-refractivity contribution is 0.194. The first-order chi connectivity index (χ1) is 8.01. The number of hydrogen-bond donors (Lipinski definition) is 0. The van der Waals surface area contributed by atoms with E-state index in [1.54, 1.807) is 0 Å². The van der Waals surface area contributed by atoms with E-state index in [1.807, 2.05) is 6.92 Å². The Hall–Kier alpha value is -0.210. The number of rotatable bonds is 3. The molecular weight excluding hydrogens is 298 g/mol. The van der Waals surface area contributed by atoms with Crippen molar-refractivity contribution in [2.75, 3.05) is 18.0 Å². The SMILES string of the molecule is CCC1(CC)CN(c2cc(Cl)c(C)cc2Br)C1. The third kappa shape index (κ3) is 2.34. The number of hydrogen-bond acceptors (Lipinski definition) is 1. The maximum Gasteiger partial charge on any atom is 0.0526 e. The standard InChI is InChI=1S/C14H19BrClN/c1-4-14(5-2)8-17(9-14)13-7-12(16)10(3)6-11(13)15/h6-7H,4-5,8-9H2,1-3H3. The normalized spacial score (nSPS) is 18.1. The number of benzene rings is 1. The van der Waals surface area contributed by atoms with Crippen LogP contribution in [0.4, 0.5) is 5.69 Å². The minimum Gasteiger partial charge on any atom is -0.369 e. The summed E-state index contributed by atoms with van der Waals surface area (Å²) in [6.07, 6.45) is 2.52. The molecule has 1 nitrogen and oxygen atoms in total. The summed E-state index contributed by atoms with van der Waals surface area (Å²) in [4.78, 5) is 2.42. The number of halogens is 2. The summed E-state index contributed by atoms with van der Waals surface area (Å²) in [7, 11) is 0. The lowest BCUT2D eigenvalue weighted by atomic mass is 9.75. The van der Waals surface area contributed by atoms with E-state index >= 15 is 0 Å². The number of aryl methyl sites for hydroxylation is 1. The summed E-state index contributed by atoms with van der Waals surface area (Å²) in [5, 5.41) is 0.855. The van der Waals surface area contributed by atoms with Gasteiger partial charge < -0.3 is 4.90 Å². The van der Waals surface area contributed by atoms with Gasteiger partial charge in [0.15, 0.2) is 0 Å². The van der Waals surface area contributed by atoms with Crippen LogP contribution in [-0.4, -0.2) is 13.1 Å². The molecule has 2 rings (SSSR count). The van der Waals surface area contributed by atoms with Crippen molar-refractivity contribution in [3.63, 3.8) is 0 Å². The second kappa shape index (κ2) is 4.81. The summed E-state index contributed by atoms with van der Waals surface area (Å²) in [6, 6.07) is 4.19. The van der Waals surface area contributed by atoms with Crippen LogP contribution >= 0.6 is 27.5 Å². The van der Waals surface area contributed by atoms with Gasteiger partial charge in [0.1, 0.15) is 0 Å². The molecule has 1 heterocycles. The summed E-state index contributed by atoms with van der Waals surface area (Å²) in [5.41, 5.74) is 2.88. The van der Waals surface area contributed by atoms with Crippen LogP contribution in [0.2, 0.25) is 5.02 Å². The molecule has 1 aromatic rings. The molecule has 0 aromatic heterocycles. The molecule has 0 bridgehead atoms. The average Bonchev–Trinajstić information content (AvgIpc) is 2.25. The highest BCUT2D eigenvalue weighted by atomic mass is 79.9. The monoisotopic (exact) mass is 315 g/mol. The summed E-state index contributed by atoms with van der Waals surface area (Å²) < 4.78 is 1.15. The highest BCUT2D eigenvalue weighted by molar-refractivity contribution is 9.10. The second-order valence-corrected chi connectivity index (χ2v) is 6.38. The van der Waals surface area contributed by atoms with Gasteiger partial charge in [0.05, 0.1) is 5.69 Å². The molecule has 0 atom stereocenters. The first kappa shape index (κ1) is 13.2. The third-order valence-corrected chi connectivity index (χ3v) is 5.16. The molecule has 0 saturated carbocycles. The molecule has 1 aliphatic rings. The quantitative estimate of drug-likeness (QED) is 0.755. The molecule has 3 heteroatoms. The van der Waals surface area contributed by atoms with Gasteiger partial charge in [-0.15, -0.1) is 0 Å². The largest absolute Gasteiger partial charge is 0.369 e. The van der Waals surface area contributed by atoms with E-state index in [4.69, 9.17) is 11.6 Å². The van der Waals surface area contributed by atoms with Crippen LogP contribution in [0.25, 0.3) is 0 Å². The number of nitrogens with zero attached hydrogens (tertiary/aromatic N) is 1. The van der Waals surface area contributed by atoms with Gasteiger partial charge in [-0.25, -0.2) is 0 Å². The van der Waals surface area contributed by atoms with E-state index in [9.17, 15) is 0 Å². The van der Waals surface area contributed by atoms with Crippen molar-refractivity contribution in [3.05, 3.63) is 27.2 Å². The third-order valence-electron chi connectivity index (χ3n) is 4.12. The Balaban J connectivity index is 2.19. The fourth-order valence-corrected chi connectivity index (χ4v) is 3.38. The smallest absolute Gasteiger partial charge is 0.0526 e. The van der Waals surface area contributed by atoms with Crippen LogP contribution in [0.3, 0.4) is 0 Å². The van der Waals surface area contributed by atoms with Gasteiger partial charge in [0.25, 0.3) is 0 Å². The first-order valence-electron chi connectivity index (χ1n) is 6.22. The zero-order chi connectivity index (χ0) is 12.6. The Morgan fingerprint density at radius 2 is 1.88 bits per heavy atom. The highest BCUT2D eigenvalue weighted by Gasteiger charge is 2.40. The molecule has 1 saturated heterocycles. The average molecular weight is 317 g/mol. The van der Waals surface area contributed by atoms with E-state index in [2.05, 4.69) is 46.8 Å². The van der Waals surface area contributed by atoms with E-state index < -0.39 is 0 Å². The lowest BCUT2D eigenvalue weighted by Crippen LogP contribution is -2.56. The molecule has 0 aliphatic carbocycles. The summed E-state index contributed by atoms with van der Waals surface area (Å²) in [6.45, 7) is 8.92. The zero-order valence-electron chi connectivity index (χ0n) is 10.7. The Bertz CT molecular complexity index is 418. The van der Waals surface area contributed by atoms with Gasteiger partial charge in [-0.3, -0.25) is 0 Å². The predicted octanol–water partition coefficient (Wildman–Crippen LogP) is 5.04. The zero-order valence-corrected chi connectivity index (χ0v) is 13.0. The van der Waals surface area contributed by atoms with Crippen LogP contribution in [0, 0.1) is 12.3 Å². The van der Waals surface area contributed by atoms with Gasteiger partial charge in [0.2, 0.25) is 0 Å². The second-order valence-electron chi connectivity index (χ2n) is 5.12. The van der Waals surface area contributed by atoms with Crippen molar-refractivity contribution in [1.82, 2.24) is 0 Å². The van der Waals surface area contributed by atoms with Gasteiger partial charge in [-0.05, 0) is 53.4 Å². The molecule has 1 aliphatic heterocycles. The van der Waals surface area contributed by atoms with Crippen LogP contribution in [-0.2, 0) is 0 Å². The van der Waals surface area contributed by atoms with Crippen LogP contribution in [0.15, 0.2) is 16.6 Å². The summed E-state index contributed by atoms with van der Waals surface area (Å²) in [5.74, 6) is 0. The Morgan fingerprint density at radius 3 is 2.41 bits per heavy atom. The van der Waals surface area contributed by atoms with Gasteiger partial charge in [-0.2, -0.15) is 0 Å². The fourth-order valence-electron chi connectivity index (χ4n) is 2.51. The van der Waals surface area contributed by atoms with Crippen LogP contribution < -0.4 is 4.90 Å². The van der Waals surface area contributed by atoms with Crippen molar-refractivity contribution in [2.24, 2.45) is 5.41 Å². The molecule has 0 spiro atoms. The predicted molar refractivity (Wildman–Crippen MR) is 79.1 cm³/mol. The molecule has 0 radical (unpaired) electrons.